The summed E-state index contributed by atoms with van der Waals surface area (Å²) in [5.74, 6) is 6.93. The van der Waals surface area contributed by atoms with Gasteiger partial charge in [0.2, 0.25) is 0 Å². The lowest BCUT2D eigenvalue weighted by atomic mass is 10.1. The van der Waals surface area contributed by atoms with E-state index in [-0.39, 0.29) is 5.91 Å². The third-order valence-electron chi connectivity index (χ3n) is 4.79. The van der Waals surface area contributed by atoms with Crippen LogP contribution in [0.4, 0.5) is 28.7 Å². The first kappa shape index (κ1) is 18.7. The fourth-order valence-electron chi connectivity index (χ4n) is 2.91. The van der Waals surface area contributed by atoms with Gasteiger partial charge in [-0.05, 0) is 49.6 Å². The maximum atomic E-state index is 12.4. The van der Waals surface area contributed by atoms with Gasteiger partial charge < -0.3 is 16.4 Å². The minimum absolute atomic E-state index is 0.0795. The zero-order valence-electron chi connectivity index (χ0n) is 16.1. The van der Waals surface area contributed by atoms with Crippen molar-refractivity contribution in [3.8, 4) is 0 Å². The van der Waals surface area contributed by atoms with E-state index in [4.69, 9.17) is 11.6 Å². The van der Waals surface area contributed by atoms with E-state index in [0.29, 0.717) is 28.9 Å². The molecule has 148 valence electrons. The summed E-state index contributed by atoms with van der Waals surface area (Å²) in [6.07, 6.45) is 3.48. The van der Waals surface area contributed by atoms with E-state index in [9.17, 15) is 4.79 Å². The number of para-hydroxylation sites is 1. The molecule has 1 saturated carbocycles. The molecule has 0 saturated heterocycles. The van der Waals surface area contributed by atoms with Gasteiger partial charge in [0.25, 0.3) is 5.91 Å². The highest BCUT2D eigenvalue weighted by Gasteiger charge is 2.24. The number of rotatable bonds is 6. The number of carbonyl (C=O) groups excluding carboxylic acids is 1. The van der Waals surface area contributed by atoms with Gasteiger partial charge in [-0.3, -0.25) is 9.80 Å². The summed E-state index contributed by atoms with van der Waals surface area (Å²) in [5.41, 5.74) is 9.65. The molecule has 2 aromatic carbocycles. The molecule has 29 heavy (non-hydrogen) atoms. The number of hydrazine groups is 1. The van der Waals surface area contributed by atoms with E-state index < -0.39 is 0 Å². The summed E-state index contributed by atoms with van der Waals surface area (Å²) in [6, 6.07) is 15.2. The van der Waals surface area contributed by atoms with Crippen molar-refractivity contribution >= 4 is 34.6 Å². The third-order valence-corrected chi connectivity index (χ3v) is 4.79. The molecule has 4 rings (SSSR count). The zero-order valence-corrected chi connectivity index (χ0v) is 16.1. The molecule has 1 fully saturated rings. The van der Waals surface area contributed by atoms with Crippen molar-refractivity contribution in [2.24, 2.45) is 5.84 Å². The average molecular weight is 389 g/mol. The topological polar surface area (TPSA) is 122 Å². The van der Waals surface area contributed by atoms with Crippen LogP contribution in [0.25, 0.3) is 0 Å². The van der Waals surface area contributed by atoms with Crippen LogP contribution in [-0.4, -0.2) is 21.9 Å². The lowest BCUT2D eigenvalue weighted by molar-refractivity contribution is 0.0951. The Morgan fingerprint density at radius 3 is 2.62 bits per heavy atom. The molecule has 0 radical (unpaired) electrons. The number of aryl methyl sites for hydroxylation is 1. The van der Waals surface area contributed by atoms with Gasteiger partial charge in [0.05, 0.1) is 5.69 Å². The highest BCUT2D eigenvalue weighted by atomic mass is 16.1. The van der Waals surface area contributed by atoms with Gasteiger partial charge in [-0.15, -0.1) is 0 Å². The quantitative estimate of drug-likeness (QED) is 0.377. The molecule has 0 aliphatic heterocycles. The maximum absolute atomic E-state index is 12.4. The van der Waals surface area contributed by atoms with Crippen LogP contribution in [0.5, 0.6) is 0 Å². The number of nitrogen functional groups attached to an aromatic ring is 1. The maximum Gasteiger partial charge on any atom is 0.251 e. The van der Waals surface area contributed by atoms with Gasteiger partial charge in [-0.1, -0.05) is 24.3 Å². The molecular weight excluding hydrogens is 366 g/mol. The molecule has 1 aliphatic carbocycles. The number of carbonyl (C=O) groups is 1. The second-order valence-electron chi connectivity index (χ2n) is 7.07. The number of hydrogen-bond acceptors (Lipinski definition) is 7. The van der Waals surface area contributed by atoms with Crippen molar-refractivity contribution in [2.75, 3.05) is 16.1 Å². The number of aromatic nitrogens is 2. The molecule has 1 aromatic heterocycles. The van der Waals surface area contributed by atoms with Gasteiger partial charge in [0.15, 0.2) is 11.6 Å². The largest absolute Gasteiger partial charge is 0.393 e. The van der Waals surface area contributed by atoms with Crippen LogP contribution in [-0.2, 0) is 0 Å². The second-order valence-corrected chi connectivity index (χ2v) is 7.07. The Morgan fingerprint density at radius 2 is 1.90 bits per heavy atom. The normalized spacial score (nSPS) is 13.0. The molecule has 6 N–H and O–H groups in total. The highest BCUT2D eigenvalue weighted by molar-refractivity contribution is 5.96. The summed E-state index contributed by atoms with van der Waals surface area (Å²) in [4.78, 5) is 20.8. The predicted octanol–water partition coefficient (Wildman–Crippen LogP) is 3.01. The first-order valence-corrected chi connectivity index (χ1v) is 9.42. The van der Waals surface area contributed by atoms with Crippen molar-refractivity contribution in [1.82, 2.24) is 15.3 Å². The van der Waals surface area contributed by atoms with Crippen molar-refractivity contribution in [3.63, 3.8) is 0 Å². The van der Waals surface area contributed by atoms with Crippen molar-refractivity contribution < 1.29 is 4.79 Å². The number of nitrogens with two attached hydrogens (primary N) is 2. The first-order valence-electron chi connectivity index (χ1n) is 9.42. The van der Waals surface area contributed by atoms with E-state index >= 15 is 0 Å². The van der Waals surface area contributed by atoms with Crippen LogP contribution in [0.1, 0.15) is 28.8 Å². The molecule has 0 atom stereocenters. The Kier molecular flexibility index (Phi) is 5.01. The Hall–Kier alpha value is -3.65. The lowest BCUT2D eigenvalue weighted by Gasteiger charge is -2.20. The van der Waals surface area contributed by atoms with E-state index in [1.165, 1.54) is 11.3 Å². The molecule has 8 heteroatoms. The highest BCUT2D eigenvalue weighted by Crippen LogP contribution is 2.32. The predicted molar refractivity (Wildman–Crippen MR) is 114 cm³/mol. The van der Waals surface area contributed by atoms with E-state index in [2.05, 4.69) is 20.6 Å². The summed E-state index contributed by atoms with van der Waals surface area (Å²) in [5, 5.41) is 7.62. The number of benzene rings is 2. The Bertz CT molecular complexity index is 1030. The fourth-order valence-corrected chi connectivity index (χ4v) is 2.91. The van der Waals surface area contributed by atoms with Crippen molar-refractivity contribution in [3.05, 3.63) is 66.0 Å². The van der Waals surface area contributed by atoms with Crippen LogP contribution < -0.4 is 27.2 Å². The van der Waals surface area contributed by atoms with Gasteiger partial charge in [-0.2, -0.15) is 0 Å². The number of nitrogens with zero attached hydrogens (tertiary/aromatic N) is 3. The Morgan fingerprint density at radius 1 is 1.14 bits per heavy atom. The minimum Gasteiger partial charge on any atom is -0.393 e. The zero-order chi connectivity index (χ0) is 20.4. The fraction of sp³-hybridized carbons (Fsp3) is 0.190. The van der Waals surface area contributed by atoms with Gasteiger partial charge in [-0.25, -0.2) is 15.8 Å². The standard InChI is InChI=1S/C21H23N7O/c1-13-7-8-14(21(29)26-15-9-10-15)11-17(13)27-19-18(22)20(25-12-24-19)28(23)16-5-3-2-4-6-16/h2-8,11-12,15H,9-10,22-23H2,1H3,(H,26,29)(H,24,25,27). The molecule has 1 heterocycles. The molecular formula is C21H23N7O. The number of nitrogens with one attached hydrogen (secondary N) is 2. The van der Waals surface area contributed by atoms with Crippen LogP contribution in [0.15, 0.2) is 54.9 Å². The monoisotopic (exact) mass is 389 g/mol. The van der Waals surface area contributed by atoms with Crippen LogP contribution in [0, 0.1) is 6.92 Å². The number of hydrogen-bond donors (Lipinski definition) is 4. The van der Waals surface area contributed by atoms with E-state index in [1.54, 1.807) is 6.07 Å². The molecule has 0 unspecified atom stereocenters. The average Bonchev–Trinajstić information content (AvgIpc) is 3.55. The molecule has 3 aromatic rings. The molecule has 1 amide bonds. The molecule has 8 nitrogen and oxygen atoms in total. The van der Waals surface area contributed by atoms with Crippen LogP contribution in [0.2, 0.25) is 0 Å². The van der Waals surface area contributed by atoms with E-state index in [1.807, 2.05) is 49.4 Å². The molecule has 0 spiro atoms. The Balaban J connectivity index is 1.60. The van der Waals surface area contributed by atoms with Crippen LogP contribution >= 0.6 is 0 Å². The second kappa shape index (κ2) is 7.76. The van der Waals surface area contributed by atoms with Crippen LogP contribution in [0.3, 0.4) is 0 Å². The number of anilines is 5. The third kappa shape index (κ3) is 4.12. The lowest BCUT2D eigenvalue weighted by Crippen LogP contribution is -2.27. The minimum atomic E-state index is -0.0795. The summed E-state index contributed by atoms with van der Waals surface area (Å²) in [6.45, 7) is 1.95. The number of amides is 1. The van der Waals surface area contributed by atoms with Gasteiger partial charge >= 0.3 is 0 Å². The SMILES string of the molecule is Cc1ccc(C(=O)NC2CC2)cc1Nc1ncnc(N(N)c2ccccc2)c1N. The summed E-state index contributed by atoms with van der Waals surface area (Å²) >= 11 is 0. The summed E-state index contributed by atoms with van der Waals surface area (Å²) < 4.78 is 0. The van der Waals surface area contributed by atoms with Gasteiger partial charge in [0.1, 0.15) is 12.0 Å². The van der Waals surface area contributed by atoms with E-state index in [0.717, 1.165) is 29.8 Å². The first-order chi connectivity index (χ1) is 14.0. The smallest absolute Gasteiger partial charge is 0.251 e. The molecule has 0 bridgehead atoms. The van der Waals surface area contributed by atoms with Gasteiger partial charge in [0, 0.05) is 17.3 Å². The summed E-state index contributed by atoms with van der Waals surface area (Å²) in [7, 11) is 0. The van der Waals surface area contributed by atoms with Crippen molar-refractivity contribution in [1.29, 1.82) is 0 Å². The van der Waals surface area contributed by atoms with Crippen molar-refractivity contribution in [2.45, 2.75) is 25.8 Å². The molecule has 1 aliphatic rings. The Labute approximate surface area is 168 Å².